The maximum atomic E-state index is 13.9. The van der Waals surface area contributed by atoms with Crippen molar-refractivity contribution in [3.63, 3.8) is 0 Å². The molecule has 0 spiro atoms. The summed E-state index contributed by atoms with van der Waals surface area (Å²) < 4.78 is 18.8. The first kappa shape index (κ1) is 22.7. The van der Waals surface area contributed by atoms with Gasteiger partial charge in [0.25, 0.3) is 11.8 Å². The van der Waals surface area contributed by atoms with Gasteiger partial charge in [0.1, 0.15) is 0 Å². The van der Waals surface area contributed by atoms with Crippen LogP contribution in [0.4, 0.5) is 16.0 Å². The van der Waals surface area contributed by atoms with Crippen LogP contribution in [0.25, 0.3) is 10.9 Å². The van der Waals surface area contributed by atoms with Crippen LogP contribution < -0.4 is 21.1 Å². The number of para-hydroxylation sites is 1. The summed E-state index contributed by atoms with van der Waals surface area (Å²) in [6.07, 6.45) is 1.62. The number of carbonyl (C=O) groups excluding carboxylic acids is 2. The zero-order chi connectivity index (χ0) is 24.2. The molecule has 0 saturated heterocycles. The largest absolute Gasteiger partial charge is 0.494 e. The summed E-state index contributed by atoms with van der Waals surface area (Å²) in [7, 11) is 1.36. The second-order valence-electron chi connectivity index (χ2n) is 7.60. The van der Waals surface area contributed by atoms with Gasteiger partial charge in [-0.2, -0.15) is 0 Å². The fourth-order valence-corrected chi connectivity index (χ4v) is 3.50. The lowest BCUT2D eigenvalue weighted by molar-refractivity contribution is 0.0998. The number of hydrogen-bond donors (Lipinski definition) is 3. The molecule has 0 radical (unpaired) electrons. The van der Waals surface area contributed by atoms with Crippen LogP contribution in [0.1, 0.15) is 39.2 Å². The molecule has 34 heavy (non-hydrogen) atoms. The summed E-state index contributed by atoms with van der Waals surface area (Å²) in [5.41, 5.74) is 7.81. The zero-order valence-electron chi connectivity index (χ0n) is 18.5. The summed E-state index contributed by atoms with van der Waals surface area (Å²) in [5.74, 6) is -1.23. The standard InChI is InChI=1S/C25H22FN5O3/c1-14(29-25-28-13-17-6-4-8-19(23(27)32)22(17)31-25)15-5-3-7-18(11-15)30-24(33)16-9-10-21(34-2)20(26)12-16/h3-14H,1-2H3,(H2,27,32)(H,30,33)(H,28,29,31). The molecular weight excluding hydrogens is 437 g/mol. The fourth-order valence-electron chi connectivity index (χ4n) is 3.50. The molecule has 0 saturated carbocycles. The Morgan fingerprint density at radius 1 is 1.09 bits per heavy atom. The van der Waals surface area contributed by atoms with Gasteiger partial charge in [0.2, 0.25) is 5.95 Å². The van der Waals surface area contributed by atoms with E-state index in [1.807, 2.05) is 13.0 Å². The van der Waals surface area contributed by atoms with E-state index in [0.29, 0.717) is 28.1 Å². The van der Waals surface area contributed by atoms with Crippen LogP contribution in [0.15, 0.2) is 66.9 Å². The van der Waals surface area contributed by atoms with Crippen molar-refractivity contribution in [2.24, 2.45) is 5.73 Å². The third kappa shape index (κ3) is 4.78. The molecule has 3 aromatic carbocycles. The molecule has 2 amide bonds. The summed E-state index contributed by atoms with van der Waals surface area (Å²) >= 11 is 0. The van der Waals surface area contributed by atoms with E-state index in [9.17, 15) is 14.0 Å². The monoisotopic (exact) mass is 459 g/mol. The summed E-state index contributed by atoms with van der Waals surface area (Å²) in [6.45, 7) is 1.91. The average Bonchev–Trinajstić information content (AvgIpc) is 2.83. The number of hydrogen-bond acceptors (Lipinski definition) is 6. The van der Waals surface area contributed by atoms with Crippen molar-refractivity contribution in [3.8, 4) is 5.75 Å². The van der Waals surface area contributed by atoms with Crippen LogP contribution in [-0.4, -0.2) is 28.9 Å². The number of nitrogens with one attached hydrogen (secondary N) is 2. The molecule has 9 heteroatoms. The third-order valence-corrected chi connectivity index (χ3v) is 5.28. The number of rotatable bonds is 7. The molecule has 4 aromatic rings. The number of ether oxygens (including phenoxy) is 1. The number of methoxy groups -OCH3 is 1. The first-order chi connectivity index (χ1) is 16.4. The lowest BCUT2D eigenvalue weighted by Gasteiger charge is -2.16. The van der Waals surface area contributed by atoms with Crippen molar-refractivity contribution in [1.82, 2.24) is 9.97 Å². The first-order valence-electron chi connectivity index (χ1n) is 10.4. The lowest BCUT2D eigenvalue weighted by atomic mass is 10.1. The maximum absolute atomic E-state index is 13.9. The van der Waals surface area contributed by atoms with Crippen molar-refractivity contribution in [3.05, 3.63) is 89.4 Å². The molecule has 8 nitrogen and oxygen atoms in total. The SMILES string of the molecule is COc1ccc(C(=O)Nc2cccc(C(C)Nc3ncc4cccc(C(N)=O)c4n3)c2)cc1F. The van der Waals surface area contributed by atoms with Crippen LogP contribution in [0.3, 0.4) is 0 Å². The zero-order valence-corrected chi connectivity index (χ0v) is 18.5. The molecule has 1 heterocycles. The predicted octanol–water partition coefficient (Wildman–Crippen LogP) is 4.30. The van der Waals surface area contributed by atoms with Crippen molar-refractivity contribution in [2.45, 2.75) is 13.0 Å². The molecule has 0 fully saturated rings. The highest BCUT2D eigenvalue weighted by atomic mass is 19.1. The molecule has 4 rings (SSSR count). The minimum Gasteiger partial charge on any atom is -0.494 e. The fraction of sp³-hybridized carbons (Fsp3) is 0.120. The van der Waals surface area contributed by atoms with E-state index >= 15 is 0 Å². The second kappa shape index (κ2) is 9.53. The Morgan fingerprint density at radius 2 is 1.88 bits per heavy atom. The third-order valence-electron chi connectivity index (χ3n) is 5.28. The lowest BCUT2D eigenvalue weighted by Crippen LogP contribution is -2.14. The molecule has 1 aromatic heterocycles. The molecule has 1 atom stereocenters. The first-order valence-corrected chi connectivity index (χ1v) is 10.4. The number of primary amides is 1. The maximum Gasteiger partial charge on any atom is 0.255 e. The van der Waals surface area contributed by atoms with Gasteiger partial charge in [0.15, 0.2) is 11.6 Å². The minimum atomic E-state index is -0.614. The number of fused-ring (bicyclic) bond motifs is 1. The number of nitrogens with two attached hydrogens (primary N) is 1. The topological polar surface area (TPSA) is 119 Å². The smallest absolute Gasteiger partial charge is 0.255 e. The number of benzene rings is 3. The number of aromatic nitrogens is 2. The number of carbonyl (C=O) groups is 2. The van der Waals surface area contributed by atoms with Gasteiger partial charge in [-0.25, -0.2) is 14.4 Å². The number of nitrogens with zero attached hydrogens (tertiary/aromatic N) is 2. The molecule has 172 valence electrons. The van der Waals surface area contributed by atoms with Crippen LogP contribution >= 0.6 is 0 Å². The number of halogens is 1. The van der Waals surface area contributed by atoms with E-state index in [4.69, 9.17) is 10.5 Å². The Morgan fingerprint density at radius 3 is 2.62 bits per heavy atom. The predicted molar refractivity (Wildman–Crippen MR) is 127 cm³/mol. The van der Waals surface area contributed by atoms with Crippen molar-refractivity contribution < 1.29 is 18.7 Å². The van der Waals surface area contributed by atoms with Gasteiger partial charge >= 0.3 is 0 Å². The highest BCUT2D eigenvalue weighted by Gasteiger charge is 2.14. The summed E-state index contributed by atoms with van der Waals surface area (Å²) in [6, 6.07) is 16.1. The van der Waals surface area contributed by atoms with Gasteiger partial charge in [-0.15, -0.1) is 0 Å². The molecule has 0 aliphatic carbocycles. The molecule has 0 aliphatic heterocycles. The quantitative estimate of drug-likeness (QED) is 0.379. The van der Waals surface area contributed by atoms with E-state index in [1.54, 1.807) is 42.6 Å². The van der Waals surface area contributed by atoms with Gasteiger partial charge in [-0.1, -0.05) is 24.3 Å². The summed E-state index contributed by atoms with van der Waals surface area (Å²) in [5, 5.41) is 6.67. The van der Waals surface area contributed by atoms with Gasteiger partial charge in [0.05, 0.1) is 24.2 Å². The minimum absolute atomic E-state index is 0.0669. The van der Waals surface area contributed by atoms with Crippen LogP contribution in [-0.2, 0) is 0 Å². The second-order valence-corrected chi connectivity index (χ2v) is 7.60. The van der Waals surface area contributed by atoms with Gasteiger partial charge < -0.3 is 21.1 Å². The molecule has 0 bridgehead atoms. The molecule has 4 N–H and O–H groups in total. The van der Waals surface area contributed by atoms with Crippen LogP contribution in [0.5, 0.6) is 5.75 Å². The molecule has 0 aliphatic rings. The van der Waals surface area contributed by atoms with E-state index in [1.165, 1.54) is 19.2 Å². The Balaban J connectivity index is 1.51. The molecule has 1 unspecified atom stereocenters. The van der Waals surface area contributed by atoms with Crippen LogP contribution in [0.2, 0.25) is 0 Å². The van der Waals surface area contributed by atoms with E-state index in [-0.39, 0.29) is 17.4 Å². The summed E-state index contributed by atoms with van der Waals surface area (Å²) in [4.78, 5) is 33.1. The number of anilines is 2. The highest BCUT2D eigenvalue weighted by molar-refractivity contribution is 6.05. The Kier molecular flexibility index (Phi) is 6.35. The Bertz CT molecular complexity index is 1390. The van der Waals surface area contributed by atoms with Crippen molar-refractivity contribution in [2.75, 3.05) is 17.7 Å². The van der Waals surface area contributed by atoms with Gasteiger partial charge in [0, 0.05) is 22.8 Å². The number of amides is 2. The normalized spacial score (nSPS) is 11.6. The van der Waals surface area contributed by atoms with Crippen molar-refractivity contribution in [1.29, 1.82) is 0 Å². The van der Waals surface area contributed by atoms with Gasteiger partial charge in [-0.05, 0) is 48.9 Å². The van der Waals surface area contributed by atoms with E-state index < -0.39 is 17.6 Å². The van der Waals surface area contributed by atoms with Crippen LogP contribution in [0, 0.1) is 5.82 Å². The van der Waals surface area contributed by atoms with E-state index in [2.05, 4.69) is 20.6 Å². The van der Waals surface area contributed by atoms with Gasteiger partial charge in [-0.3, -0.25) is 9.59 Å². The molecular formula is C25H22FN5O3. The Labute approximate surface area is 195 Å². The Hall–Kier alpha value is -4.53. The van der Waals surface area contributed by atoms with Crippen molar-refractivity contribution >= 4 is 34.4 Å². The average molecular weight is 459 g/mol. The van der Waals surface area contributed by atoms with E-state index in [0.717, 1.165) is 11.6 Å². The highest BCUT2D eigenvalue weighted by Crippen LogP contribution is 2.24.